The molecule has 1 aliphatic rings. The Hall–Kier alpha value is -2.04. The van der Waals surface area contributed by atoms with Crippen molar-refractivity contribution in [1.82, 2.24) is 15.1 Å². The highest BCUT2D eigenvalue weighted by molar-refractivity contribution is 5.92. The molecule has 2 aromatic rings. The zero-order valence-electron chi connectivity index (χ0n) is 11.6. The van der Waals surface area contributed by atoms with Crippen LogP contribution >= 0.6 is 0 Å². The molecule has 1 N–H and O–H groups in total. The molecular formula is C15H19N3O2. The van der Waals surface area contributed by atoms with Gasteiger partial charge in [-0.25, -0.2) is 0 Å². The van der Waals surface area contributed by atoms with E-state index in [9.17, 15) is 4.79 Å². The van der Waals surface area contributed by atoms with Crippen LogP contribution in [0.1, 0.15) is 47.6 Å². The van der Waals surface area contributed by atoms with E-state index < -0.39 is 0 Å². The first-order valence-electron chi connectivity index (χ1n) is 7.09. The summed E-state index contributed by atoms with van der Waals surface area (Å²) in [5, 5.41) is 6.92. The van der Waals surface area contributed by atoms with Crippen LogP contribution in [0.5, 0.6) is 0 Å². The van der Waals surface area contributed by atoms with Gasteiger partial charge in [0.1, 0.15) is 11.5 Å². The van der Waals surface area contributed by atoms with Crippen LogP contribution in [0, 0.1) is 6.92 Å². The summed E-state index contributed by atoms with van der Waals surface area (Å²) in [5.41, 5.74) is 1.39. The number of hydrogen-bond donors (Lipinski definition) is 1. The van der Waals surface area contributed by atoms with Gasteiger partial charge in [-0.15, -0.1) is 0 Å². The van der Waals surface area contributed by atoms with Crippen molar-refractivity contribution in [2.45, 2.75) is 45.2 Å². The van der Waals surface area contributed by atoms with E-state index in [1.165, 1.54) is 12.8 Å². The minimum atomic E-state index is -0.0161. The predicted molar refractivity (Wildman–Crippen MR) is 74.2 cm³/mol. The Labute approximate surface area is 118 Å². The lowest BCUT2D eigenvalue weighted by Gasteiger charge is -2.27. The van der Waals surface area contributed by atoms with E-state index in [2.05, 4.69) is 10.2 Å². The maximum atomic E-state index is 12.7. The van der Waals surface area contributed by atoms with Gasteiger partial charge in [-0.1, -0.05) is 12.8 Å². The van der Waals surface area contributed by atoms with Gasteiger partial charge >= 0.3 is 0 Å². The van der Waals surface area contributed by atoms with Crippen molar-refractivity contribution in [3.05, 3.63) is 41.6 Å². The average molecular weight is 273 g/mol. The monoisotopic (exact) mass is 273 g/mol. The number of furan rings is 1. The number of nitrogens with zero attached hydrogens (tertiary/aromatic N) is 2. The lowest BCUT2D eigenvalue weighted by Crippen LogP contribution is -2.38. The molecule has 1 amide bonds. The molecule has 0 aromatic carbocycles. The molecule has 0 aliphatic heterocycles. The molecule has 5 heteroatoms. The van der Waals surface area contributed by atoms with Crippen LogP contribution < -0.4 is 0 Å². The summed E-state index contributed by atoms with van der Waals surface area (Å²) in [6.07, 6.45) is 6.15. The van der Waals surface area contributed by atoms with Gasteiger partial charge in [0.2, 0.25) is 0 Å². The van der Waals surface area contributed by atoms with Crippen molar-refractivity contribution in [3.8, 4) is 0 Å². The Balaban J connectivity index is 1.82. The summed E-state index contributed by atoms with van der Waals surface area (Å²) in [6, 6.07) is 5.85. The first kappa shape index (κ1) is 13.0. The van der Waals surface area contributed by atoms with Crippen molar-refractivity contribution in [2.24, 2.45) is 0 Å². The van der Waals surface area contributed by atoms with Gasteiger partial charge in [-0.2, -0.15) is 5.10 Å². The number of amides is 1. The minimum Gasteiger partial charge on any atom is -0.467 e. The van der Waals surface area contributed by atoms with Gasteiger partial charge in [0.15, 0.2) is 0 Å². The first-order chi connectivity index (χ1) is 9.74. The molecule has 106 valence electrons. The molecule has 3 rings (SSSR count). The molecule has 0 spiro atoms. The fourth-order valence-electron chi connectivity index (χ4n) is 2.83. The van der Waals surface area contributed by atoms with Gasteiger partial charge in [-0.3, -0.25) is 9.89 Å². The standard InChI is InChI=1S/C15H19N3O2/c1-11-9-14(17-16-11)15(19)18(12-5-2-3-6-12)10-13-7-4-8-20-13/h4,7-9,12H,2-3,5-6,10H2,1H3,(H,16,17). The SMILES string of the molecule is Cc1cc(C(=O)N(Cc2ccco2)C2CCCC2)n[nH]1. The van der Waals surface area contributed by atoms with Gasteiger partial charge < -0.3 is 9.32 Å². The van der Waals surface area contributed by atoms with Gasteiger partial charge in [0.25, 0.3) is 5.91 Å². The van der Waals surface area contributed by atoms with E-state index in [0.717, 1.165) is 24.3 Å². The number of rotatable bonds is 4. The molecule has 20 heavy (non-hydrogen) atoms. The van der Waals surface area contributed by atoms with Crippen molar-refractivity contribution < 1.29 is 9.21 Å². The zero-order valence-corrected chi connectivity index (χ0v) is 11.6. The summed E-state index contributed by atoms with van der Waals surface area (Å²) in [4.78, 5) is 14.6. The number of H-pyrrole nitrogens is 1. The molecule has 2 heterocycles. The zero-order chi connectivity index (χ0) is 13.9. The summed E-state index contributed by atoms with van der Waals surface area (Å²) < 4.78 is 5.39. The molecule has 2 aromatic heterocycles. The lowest BCUT2D eigenvalue weighted by molar-refractivity contribution is 0.0643. The highest BCUT2D eigenvalue weighted by atomic mass is 16.3. The molecule has 1 aliphatic carbocycles. The van der Waals surface area contributed by atoms with Crippen molar-refractivity contribution in [2.75, 3.05) is 0 Å². The van der Waals surface area contributed by atoms with Crippen molar-refractivity contribution in [3.63, 3.8) is 0 Å². The predicted octanol–water partition coefficient (Wildman–Crippen LogP) is 2.90. The van der Waals surface area contributed by atoms with Crippen LogP contribution in [0.2, 0.25) is 0 Å². The smallest absolute Gasteiger partial charge is 0.275 e. The normalized spacial score (nSPS) is 15.7. The summed E-state index contributed by atoms with van der Waals surface area (Å²) in [7, 11) is 0. The van der Waals surface area contributed by atoms with E-state index in [1.54, 1.807) is 12.3 Å². The second-order valence-corrected chi connectivity index (χ2v) is 5.39. The van der Waals surface area contributed by atoms with Crippen LogP contribution in [-0.4, -0.2) is 27.0 Å². The number of carbonyl (C=O) groups is 1. The van der Waals surface area contributed by atoms with Crippen LogP contribution in [-0.2, 0) is 6.54 Å². The van der Waals surface area contributed by atoms with Crippen LogP contribution in [0.15, 0.2) is 28.9 Å². The Kier molecular flexibility index (Phi) is 3.58. The van der Waals surface area contributed by atoms with Gasteiger partial charge in [0, 0.05) is 11.7 Å². The number of hydrogen-bond acceptors (Lipinski definition) is 3. The molecular weight excluding hydrogens is 254 g/mol. The fraction of sp³-hybridized carbons (Fsp3) is 0.467. The number of aryl methyl sites for hydroxylation is 1. The topological polar surface area (TPSA) is 62.1 Å². The largest absolute Gasteiger partial charge is 0.467 e. The van der Waals surface area contributed by atoms with Gasteiger partial charge in [-0.05, 0) is 38.0 Å². The van der Waals surface area contributed by atoms with Crippen molar-refractivity contribution in [1.29, 1.82) is 0 Å². The van der Waals surface area contributed by atoms with E-state index >= 15 is 0 Å². The first-order valence-corrected chi connectivity index (χ1v) is 7.09. The average Bonchev–Trinajstić information content (AvgIpc) is 3.17. The molecule has 5 nitrogen and oxygen atoms in total. The summed E-state index contributed by atoms with van der Waals surface area (Å²) in [5.74, 6) is 0.801. The summed E-state index contributed by atoms with van der Waals surface area (Å²) in [6.45, 7) is 2.42. The Morgan fingerprint density at radius 3 is 2.90 bits per heavy atom. The highest BCUT2D eigenvalue weighted by Crippen LogP contribution is 2.26. The highest BCUT2D eigenvalue weighted by Gasteiger charge is 2.29. The number of nitrogens with one attached hydrogen (secondary N) is 1. The number of aromatic nitrogens is 2. The van der Waals surface area contributed by atoms with Gasteiger partial charge in [0.05, 0.1) is 12.8 Å². The minimum absolute atomic E-state index is 0.0161. The van der Waals surface area contributed by atoms with E-state index in [4.69, 9.17) is 4.42 Å². The molecule has 0 atom stereocenters. The Morgan fingerprint density at radius 1 is 1.50 bits per heavy atom. The molecule has 0 bridgehead atoms. The van der Waals surface area contributed by atoms with E-state index in [-0.39, 0.29) is 5.91 Å². The third-order valence-corrected chi connectivity index (χ3v) is 3.86. The number of carbonyl (C=O) groups excluding carboxylic acids is 1. The third kappa shape index (κ3) is 2.61. The van der Waals surface area contributed by atoms with E-state index in [0.29, 0.717) is 18.3 Å². The number of aromatic amines is 1. The second kappa shape index (κ2) is 5.53. The molecule has 0 unspecified atom stereocenters. The molecule has 0 radical (unpaired) electrons. The fourth-order valence-corrected chi connectivity index (χ4v) is 2.83. The second-order valence-electron chi connectivity index (χ2n) is 5.39. The quantitative estimate of drug-likeness (QED) is 0.931. The summed E-state index contributed by atoms with van der Waals surface area (Å²) >= 11 is 0. The van der Waals surface area contributed by atoms with Crippen LogP contribution in [0.4, 0.5) is 0 Å². The third-order valence-electron chi connectivity index (χ3n) is 3.86. The molecule has 0 saturated heterocycles. The van der Waals surface area contributed by atoms with Crippen LogP contribution in [0.25, 0.3) is 0 Å². The van der Waals surface area contributed by atoms with Crippen LogP contribution in [0.3, 0.4) is 0 Å². The van der Waals surface area contributed by atoms with E-state index in [1.807, 2.05) is 24.0 Å². The molecule has 1 saturated carbocycles. The molecule has 1 fully saturated rings. The van der Waals surface area contributed by atoms with Crippen molar-refractivity contribution >= 4 is 5.91 Å². The Morgan fingerprint density at radius 2 is 2.30 bits per heavy atom. The lowest BCUT2D eigenvalue weighted by atomic mass is 10.2. The maximum absolute atomic E-state index is 12.7. The maximum Gasteiger partial charge on any atom is 0.275 e. The Bertz CT molecular complexity index is 568.